The lowest BCUT2D eigenvalue weighted by Gasteiger charge is -2.25. The molecule has 0 bridgehead atoms. The van der Waals surface area contributed by atoms with Crippen LogP contribution in [0.3, 0.4) is 0 Å². The fourth-order valence-corrected chi connectivity index (χ4v) is 4.10. The number of halogens is 2. The molecule has 32 heavy (non-hydrogen) atoms. The zero-order valence-electron chi connectivity index (χ0n) is 17.3. The number of Topliss-reactive ketones (excluding diaryl/α,β-unsaturated/α-hetero) is 1. The van der Waals surface area contributed by atoms with E-state index in [2.05, 4.69) is 20.9 Å². The molecule has 0 aliphatic carbocycles. The number of amides is 1. The molecule has 1 unspecified atom stereocenters. The van der Waals surface area contributed by atoms with Crippen LogP contribution < -0.4 is 0 Å². The zero-order valence-corrected chi connectivity index (χ0v) is 18.8. The van der Waals surface area contributed by atoms with E-state index >= 15 is 0 Å². The lowest BCUT2D eigenvalue weighted by molar-refractivity contribution is -0.139. The SMILES string of the molecule is Cc1cc(/C(O)=C2/C(=O)C(=O)N(CCc3ccc(F)cc3)C2c2ccncc2)ccc1Br. The van der Waals surface area contributed by atoms with Crippen LogP contribution in [0.15, 0.2) is 77.0 Å². The van der Waals surface area contributed by atoms with Gasteiger partial charge in [-0.05, 0) is 66.4 Å². The van der Waals surface area contributed by atoms with Gasteiger partial charge in [-0.25, -0.2) is 4.39 Å². The molecule has 0 saturated carbocycles. The Morgan fingerprint density at radius 1 is 1.09 bits per heavy atom. The Hall–Kier alpha value is -3.32. The third-order valence-electron chi connectivity index (χ3n) is 5.55. The molecular formula is C25H20BrFN2O3. The summed E-state index contributed by atoms with van der Waals surface area (Å²) in [6.45, 7) is 2.11. The number of carbonyl (C=O) groups is 2. The Labute approximate surface area is 193 Å². The van der Waals surface area contributed by atoms with Gasteiger partial charge in [0.25, 0.3) is 11.7 Å². The van der Waals surface area contributed by atoms with E-state index in [9.17, 15) is 19.1 Å². The summed E-state index contributed by atoms with van der Waals surface area (Å²) in [5, 5.41) is 11.1. The van der Waals surface area contributed by atoms with Crippen LogP contribution in [0.2, 0.25) is 0 Å². The smallest absolute Gasteiger partial charge is 0.295 e. The third kappa shape index (κ3) is 4.21. The lowest BCUT2D eigenvalue weighted by Crippen LogP contribution is -2.31. The van der Waals surface area contributed by atoms with Crippen molar-refractivity contribution in [2.75, 3.05) is 6.54 Å². The van der Waals surface area contributed by atoms with Crippen molar-refractivity contribution in [1.29, 1.82) is 0 Å². The van der Waals surface area contributed by atoms with Crippen LogP contribution in [0.5, 0.6) is 0 Å². The van der Waals surface area contributed by atoms with Crippen LogP contribution in [0.25, 0.3) is 5.76 Å². The minimum absolute atomic E-state index is 0.0435. The van der Waals surface area contributed by atoms with Crippen molar-refractivity contribution in [3.63, 3.8) is 0 Å². The van der Waals surface area contributed by atoms with E-state index in [1.165, 1.54) is 17.0 Å². The van der Waals surface area contributed by atoms with Crippen molar-refractivity contribution in [3.05, 3.63) is 105 Å². The van der Waals surface area contributed by atoms with Gasteiger partial charge in [-0.3, -0.25) is 14.6 Å². The molecule has 1 atom stereocenters. The molecule has 7 heteroatoms. The van der Waals surface area contributed by atoms with Gasteiger partial charge in [0.1, 0.15) is 11.6 Å². The van der Waals surface area contributed by atoms with E-state index in [1.807, 2.05) is 6.92 Å². The highest BCUT2D eigenvalue weighted by atomic mass is 79.9. The van der Waals surface area contributed by atoms with E-state index in [0.29, 0.717) is 17.5 Å². The van der Waals surface area contributed by atoms with Crippen LogP contribution in [-0.4, -0.2) is 33.2 Å². The molecule has 2 aromatic carbocycles. The first-order valence-corrected chi connectivity index (χ1v) is 10.9. The van der Waals surface area contributed by atoms with E-state index in [-0.39, 0.29) is 23.7 Å². The van der Waals surface area contributed by atoms with Crippen molar-refractivity contribution in [1.82, 2.24) is 9.88 Å². The first kappa shape index (κ1) is 21.9. The molecule has 1 aromatic heterocycles. The van der Waals surface area contributed by atoms with Gasteiger partial charge in [0.05, 0.1) is 11.6 Å². The Morgan fingerprint density at radius 2 is 1.78 bits per heavy atom. The quantitative estimate of drug-likeness (QED) is 0.309. The van der Waals surface area contributed by atoms with Crippen LogP contribution in [-0.2, 0) is 16.0 Å². The fourth-order valence-electron chi connectivity index (χ4n) is 3.85. The van der Waals surface area contributed by atoms with E-state index in [1.54, 1.807) is 54.9 Å². The number of aliphatic hydroxyl groups excluding tert-OH is 1. The predicted molar refractivity (Wildman–Crippen MR) is 122 cm³/mol. The average Bonchev–Trinajstić information content (AvgIpc) is 3.05. The number of hydrogen-bond donors (Lipinski definition) is 1. The standard InChI is InChI=1S/C25H20BrFN2O3/c1-15-14-18(4-7-20(15)26)23(30)21-22(17-8-11-28-12-9-17)29(25(32)24(21)31)13-10-16-2-5-19(27)6-3-16/h2-9,11-12,14,22,30H,10,13H2,1H3/b23-21-. The van der Waals surface area contributed by atoms with Gasteiger partial charge in [0, 0.05) is 29.0 Å². The molecular weight excluding hydrogens is 475 g/mol. The number of benzene rings is 2. The summed E-state index contributed by atoms with van der Waals surface area (Å²) >= 11 is 3.43. The summed E-state index contributed by atoms with van der Waals surface area (Å²) in [6.07, 6.45) is 3.60. The highest BCUT2D eigenvalue weighted by Crippen LogP contribution is 2.39. The molecule has 4 rings (SSSR count). The summed E-state index contributed by atoms with van der Waals surface area (Å²) in [7, 11) is 0. The maximum absolute atomic E-state index is 13.2. The second-order valence-corrected chi connectivity index (χ2v) is 8.47. The van der Waals surface area contributed by atoms with Crippen LogP contribution >= 0.6 is 15.9 Å². The van der Waals surface area contributed by atoms with E-state index < -0.39 is 17.7 Å². The van der Waals surface area contributed by atoms with Gasteiger partial charge in [-0.15, -0.1) is 0 Å². The number of hydrogen-bond acceptors (Lipinski definition) is 4. The molecule has 1 saturated heterocycles. The number of carbonyl (C=O) groups excluding carboxylic acids is 2. The number of likely N-dealkylation sites (tertiary alicyclic amines) is 1. The van der Waals surface area contributed by atoms with Gasteiger partial charge in [-0.1, -0.05) is 34.1 Å². The van der Waals surface area contributed by atoms with Gasteiger partial charge in [-0.2, -0.15) is 0 Å². The van der Waals surface area contributed by atoms with Gasteiger partial charge < -0.3 is 10.0 Å². The topological polar surface area (TPSA) is 70.5 Å². The van der Waals surface area contributed by atoms with Crippen molar-refractivity contribution in [3.8, 4) is 0 Å². The monoisotopic (exact) mass is 494 g/mol. The van der Waals surface area contributed by atoms with Gasteiger partial charge in [0.2, 0.25) is 0 Å². The summed E-state index contributed by atoms with van der Waals surface area (Å²) in [4.78, 5) is 31.5. The van der Waals surface area contributed by atoms with Gasteiger partial charge >= 0.3 is 0 Å². The Bertz CT molecular complexity index is 1210. The summed E-state index contributed by atoms with van der Waals surface area (Å²) < 4.78 is 14.1. The van der Waals surface area contributed by atoms with E-state index in [4.69, 9.17) is 0 Å². The lowest BCUT2D eigenvalue weighted by atomic mass is 9.95. The Morgan fingerprint density at radius 3 is 2.44 bits per heavy atom. The van der Waals surface area contributed by atoms with Crippen molar-refractivity contribution >= 4 is 33.4 Å². The van der Waals surface area contributed by atoms with Gasteiger partial charge in [0.15, 0.2) is 0 Å². The summed E-state index contributed by atoms with van der Waals surface area (Å²) in [5.74, 6) is -1.96. The van der Waals surface area contributed by atoms with Crippen molar-refractivity contribution in [2.45, 2.75) is 19.4 Å². The molecule has 1 fully saturated rings. The second kappa shape index (κ2) is 9.04. The second-order valence-electron chi connectivity index (χ2n) is 7.61. The van der Waals surface area contributed by atoms with Crippen LogP contribution in [0.4, 0.5) is 4.39 Å². The molecule has 0 spiro atoms. The molecule has 1 aliphatic heterocycles. The zero-order chi connectivity index (χ0) is 22.8. The molecule has 5 nitrogen and oxygen atoms in total. The highest BCUT2D eigenvalue weighted by molar-refractivity contribution is 9.10. The number of aliphatic hydroxyl groups is 1. The summed E-state index contributed by atoms with van der Waals surface area (Å²) in [6, 6.07) is 14.0. The molecule has 0 radical (unpaired) electrons. The molecule has 1 aliphatic rings. The van der Waals surface area contributed by atoms with Crippen LogP contribution in [0, 0.1) is 12.7 Å². The summed E-state index contributed by atoms with van der Waals surface area (Å²) in [5.41, 5.74) is 2.90. The minimum Gasteiger partial charge on any atom is -0.507 e. The van der Waals surface area contributed by atoms with Crippen LogP contribution in [0.1, 0.15) is 28.3 Å². The molecule has 3 aromatic rings. The van der Waals surface area contributed by atoms with Crippen molar-refractivity contribution < 1.29 is 19.1 Å². The number of pyridine rings is 1. The maximum Gasteiger partial charge on any atom is 0.295 e. The third-order valence-corrected chi connectivity index (χ3v) is 6.44. The molecule has 1 N–H and O–H groups in total. The fraction of sp³-hybridized carbons (Fsp3) is 0.160. The van der Waals surface area contributed by atoms with Crippen molar-refractivity contribution in [2.24, 2.45) is 0 Å². The van der Waals surface area contributed by atoms with E-state index in [0.717, 1.165) is 15.6 Å². The normalized spacial score (nSPS) is 17.7. The number of aryl methyl sites for hydroxylation is 1. The first-order chi connectivity index (χ1) is 15.4. The average molecular weight is 495 g/mol. The number of rotatable bonds is 5. The Balaban J connectivity index is 1.76. The number of nitrogens with zero attached hydrogens (tertiary/aromatic N) is 2. The highest BCUT2D eigenvalue weighted by Gasteiger charge is 2.45. The molecule has 2 heterocycles. The largest absolute Gasteiger partial charge is 0.507 e. The molecule has 162 valence electrons. The number of ketones is 1. The first-order valence-electron chi connectivity index (χ1n) is 10.1. The Kier molecular flexibility index (Phi) is 6.19. The minimum atomic E-state index is -0.748. The molecule has 1 amide bonds. The number of aromatic nitrogens is 1. The predicted octanol–water partition coefficient (Wildman–Crippen LogP) is 4.96. The maximum atomic E-state index is 13.2.